The minimum Gasteiger partial charge on any atom is -0.481 e. The number of nitrogens with zero attached hydrogens (tertiary/aromatic N) is 2. The van der Waals surface area contributed by atoms with Gasteiger partial charge in [-0.3, -0.25) is 0 Å². The maximum Gasteiger partial charge on any atom is 0.212 e. The van der Waals surface area contributed by atoms with Crippen LogP contribution in [0.1, 0.15) is 31.7 Å². The number of rotatable bonds is 6. The van der Waals surface area contributed by atoms with Gasteiger partial charge in [0.1, 0.15) is 0 Å². The second-order valence-corrected chi connectivity index (χ2v) is 5.35. The molecule has 1 N–H and O–H groups in total. The zero-order valence-corrected chi connectivity index (χ0v) is 12.1. The van der Waals surface area contributed by atoms with E-state index < -0.39 is 0 Å². The summed E-state index contributed by atoms with van der Waals surface area (Å²) < 4.78 is 5.06. The van der Waals surface area contributed by atoms with Crippen LogP contribution in [0.4, 0.5) is 0 Å². The number of hydrogen-bond acceptors (Lipinski definition) is 4. The van der Waals surface area contributed by atoms with Crippen LogP contribution in [-0.2, 0) is 6.54 Å². The van der Waals surface area contributed by atoms with Gasteiger partial charge in [-0.15, -0.1) is 0 Å². The van der Waals surface area contributed by atoms with Crippen LogP contribution in [-0.4, -0.2) is 42.7 Å². The van der Waals surface area contributed by atoms with Gasteiger partial charge in [-0.1, -0.05) is 12.5 Å². The van der Waals surface area contributed by atoms with E-state index in [0.29, 0.717) is 11.9 Å². The van der Waals surface area contributed by atoms with Gasteiger partial charge in [-0.2, -0.15) is 0 Å². The van der Waals surface area contributed by atoms with Crippen LogP contribution >= 0.6 is 0 Å². The Morgan fingerprint density at radius 1 is 1.32 bits per heavy atom. The Balaban J connectivity index is 1.71. The van der Waals surface area contributed by atoms with Crippen LogP contribution in [0.25, 0.3) is 0 Å². The van der Waals surface area contributed by atoms with Gasteiger partial charge >= 0.3 is 0 Å². The molecule has 0 aliphatic carbocycles. The van der Waals surface area contributed by atoms with E-state index in [9.17, 15) is 0 Å². The Morgan fingerprint density at radius 2 is 2.11 bits per heavy atom. The average molecular weight is 263 g/mol. The molecule has 1 aromatic heterocycles. The van der Waals surface area contributed by atoms with Crippen molar-refractivity contribution in [3.05, 3.63) is 23.9 Å². The SMILES string of the molecule is COc1ccc(CNC(C)CN2CCCCC2)cn1. The van der Waals surface area contributed by atoms with Crippen molar-refractivity contribution < 1.29 is 4.74 Å². The topological polar surface area (TPSA) is 37.4 Å². The van der Waals surface area contributed by atoms with Crippen LogP contribution in [0.2, 0.25) is 0 Å². The van der Waals surface area contributed by atoms with Crippen LogP contribution in [0.5, 0.6) is 5.88 Å². The highest BCUT2D eigenvalue weighted by molar-refractivity contribution is 5.17. The molecule has 1 fully saturated rings. The van der Waals surface area contributed by atoms with Crippen LogP contribution in [0.15, 0.2) is 18.3 Å². The summed E-state index contributed by atoms with van der Waals surface area (Å²) in [5.41, 5.74) is 1.20. The molecule has 0 aromatic carbocycles. The molecule has 0 radical (unpaired) electrons. The maximum atomic E-state index is 5.06. The third-order valence-corrected chi connectivity index (χ3v) is 3.64. The fourth-order valence-electron chi connectivity index (χ4n) is 2.52. The lowest BCUT2D eigenvalue weighted by molar-refractivity contribution is 0.209. The Labute approximate surface area is 116 Å². The number of methoxy groups -OCH3 is 1. The van der Waals surface area contributed by atoms with E-state index in [4.69, 9.17) is 4.74 Å². The van der Waals surface area contributed by atoms with Crippen molar-refractivity contribution in [2.75, 3.05) is 26.7 Å². The summed E-state index contributed by atoms with van der Waals surface area (Å²) in [6, 6.07) is 4.49. The first kappa shape index (κ1) is 14.3. The molecule has 1 atom stereocenters. The zero-order valence-electron chi connectivity index (χ0n) is 12.1. The van der Waals surface area contributed by atoms with Crippen molar-refractivity contribution in [2.24, 2.45) is 0 Å². The van der Waals surface area contributed by atoms with E-state index >= 15 is 0 Å². The highest BCUT2D eigenvalue weighted by Crippen LogP contribution is 2.09. The van der Waals surface area contributed by atoms with E-state index in [-0.39, 0.29) is 0 Å². The van der Waals surface area contributed by atoms with Gasteiger partial charge < -0.3 is 15.0 Å². The van der Waals surface area contributed by atoms with Crippen LogP contribution < -0.4 is 10.1 Å². The van der Waals surface area contributed by atoms with Gasteiger partial charge in [0.15, 0.2) is 0 Å². The second kappa shape index (κ2) is 7.46. The number of nitrogens with one attached hydrogen (secondary N) is 1. The summed E-state index contributed by atoms with van der Waals surface area (Å²) in [7, 11) is 1.64. The number of ether oxygens (including phenoxy) is 1. The van der Waals surface area contributed by atoms with Gasteiger partial charge in [-0.05, 0) is 38.4 Å². The molecular formula is C15H25N3O. The van der Waals surface area contributed by atoms with Crippen molar-refractivity contribution in [2.45, 2.75) is 38.8 Å². The number of hydrogen-bond donors (Lipinski definition) is 1. The van der Waals surface area contributed by atoms with Crippen LogP contribution in [0, 0.1) is 0 Å². The molecule has 1 aliphatic rings. The first-order valence-corrected chi connectivity index (χ1v) is 7.22. The first-order valence-electron chi connectivity index (χ1n) is 7.22. The van der Waals surface area contributed by atoms with Crippen molar-refractivity contribution in [3.63, 3.8) is 0 Å². The number of likely N-dealkylation sites (tertiary alicyclic amines) is 1. The van der Waals surface area contributed by atoms with Crippen LogP contribution in [0.3, 0.4) is 0 Å². The summed E-state index contributed by atoms with van der Waals surface area (Å²) >= 11 is 0. The molecular weight excluding hydrogens is 238 g/mol. The average Bonchev–Trinajstić information content (AvgIpc) is 2.47. The van der Waals surface area contributed by atoms with Crippen molar-refractivity contribution in [1.82, 2.24) is 15.2 Å². The largest absolute Gasteiger partial charge is 0.481 e. The lowest BCUT2D eigenvalue weighted by atomic mass is 10.1. The number of piperidine rings is 1. The Hall–Kier alpha value is -1.13. The molecule has 106 valence electrons. The number of aromatic nitrogens is 1. The third-order valence-electron chi connectivity index (χ3n) is 3.64. The maximum absolute atomic E-state index is 5.06. The van der Waals surface area contributed by atoms with E-state index in [1.54, 1.807) is 7.11 Å². The molecule has 4 heteroatoms. The molecule has 4 nitrogen and oxygen atoms in total. The predicted molar refractivity (Wildman–Crippen MR) is 77.4 cm³/mol. The second-order valence-electron chi connectivity index (χ2n) is 5.35. The molecule has 1 unspecified atom stereocenters. The molecule has 1 aromatic rings. The van der Waals surface area contributed by atoms with E-state index in [1.807, 2.05) is 12.3 Å². The highest BCUT2D eigenvalue weighted by atomic mass is 16.5. The number of pyridine rings is 1. The normalized spacial score (nSPS) is 18.2. The highest BCUT2D eigenvalue weighted by Gasteiger charge is 2.12. The monoisotopic (exact) mass is 263 g/mol. The summed E-state index contributed by atoms with van der Waals surface area (Å²) in [6.45, 7) is 6.79. The van der Waals surface area contributed by atoms with E-state index in [0.717, 1.165) is 13.1 Å². The van der Waals surface area contributed by atoms with Gasteiger partial charge in [0.2, 0.25) is 5.88 Å². The quantitative estimate of drug-likeness (QED) is 0.852. The predicted octanol–water partition coefficient (Wildman–Crippen LogP) is 2.05. The van der Waals surface area contributed by atoms with Gasteiger partial charge in [0.25, 0.3) is 0 Å². The zero-order chi connectivity index (χ0) is 13.5. The molecule has 2 heterocycles. The molecule has 1 aliphatic heterocycles. The first-order chi connectivity index (χ1) is 9.28. The molecule has 2 rings (SSSR count). The standard InChI is InChI=1S/C15H25N3O/c1-13(12-18-8-4-3-5-9-18)16-10-14-6-7-15(19-2)17-11-14/h6-7,11,13,16H,3-5,8-10,12H2,1-2H3. The van der Waals surface area contributed by atoms with Gasteiger partial charge in [-0.25, -0.2) is 4.98 Å². The lowest BCUT2D eigenvalue weighted by Crippen LogP contribution is -2.41. The van der Waals surface area contributed by atoms with Crippen molar-refractivity contribution in [1.29, 1.82) is 0 Å². The smallest absolute Gasteiger partial charge is 0.212 e. The van der Waals surface area contributed by atoms with E-state index in [2.05, 4.69) is 28.2 Å². The molecule has 0 saturated carbocycles. The fraction of sp³-hybridized carbons (Fsp3) is 0.667. The molecule has 1 saturated heterocycles. The minimum atomic E-state index is 0.514. The van der Waals surface area contributed by atoms with Crippen molar-refractivity contribution >= 4 is 0 Å². The molecule has 0 amide bonds. The van der Waals surface area contributed by atoms with Gasteiger partial charge in [0, 0.05) is 31.4 Å². The Kier molecular flexibility index (Phi) is 5.61. The fourth-order valence-corrected chi connectivity index (χ4v) is 2.52. The lowest BCUT2D eigenvalue weighted by Gasteiger charge is -2.29. The Bertz CT molecular complexity index is 360. The summed E-state index contributed by atoms with van der Waals surface area (Å²) in [5, 5.41) is 3.56. The summed E-state index contributed by atoms with van der Waals surface area (Å²) in [6.07, 6.45) is 5.99. The molecule has 19 heavy (non-hydrogen) atoms. The summed E-state index contributed by atoms with van der Waals surface area (Å²) in [5.74, 6) is 0.671. The van der Waals surface area contributed by atoms with Crippen molar-refractivity contribution in [3.8, 4) is 5.88 Å². The molecule has 0 spiro atoms. The Morgan fingerprint density at radius 3 is 2.74 bits per heavy atom. The van der Waals surface area contributed by atoms with Gasteiger partial charge in [0.05, 0.1) is 7.11 Å². The summed E-state index contributed by atoms with van der Waals surface area (Å²) in [4.78, 5) is 6.78. The minimum absolute atomic E-state index is 0.514. The van der Waals surface area contributed by atoms with E-state index in [1.165, 1.54) is 37.9 Å². The third kappa shape index (κ3) is 4.80. The molecule has 0 bridgehead atoms.